The summed E-state index contributed by atoms with van der Waals surface area (Å²) in [6.45, 7) is 0. The molecule has 0 aliphatic rings. The van der Waals surface area contributed by atoms with Gasteiger partial charge in [0.1, 0.15) is 0 Å². The van der Waals surface area contributed by atoms with Gasteiger partial charge in [-0.3, -0.25) is 0 Å². The number of nitrogens with zero attached hydrogens (tertiary/aromatic N) is 3. The second-order valence-corrected chi connectivity index (χ2v) is 5.38. The lowest BCUT2D eigenvalue weighted by Crippen LogP contribution is -1.98. The maximum Gasteiger partial charge on any atom is 0.227 e. The van der Waals surface area contributed by atoms with E-state index in [-0.39, 0.29) is 0 Å². The number of halogens is 1. The molecular weight excluding hydrogens is 328 g/mol. The van der Waals surface area contributed by atoms with Crippen LogP contribution in [0.2, 0.25) is 0 Å². The predicted molar refractivity (Wildman–Crippen MR) is 86.3 cm³/mol. The Kier molecular flexibility index (Phi) is 3.80. The average Bonchev–Trinajstić information content (AvgIpc) is 2.50. The van der Waals surface area contributed by atoms with Crippen molar-refractivity contribution in [3.05, 3.63) is 58.7 Å². The molecule has 0 amide bonds. The number of hydrogen-bond donors (Lipinski definition) is 1. The van der Waals surface area contributed by atoms with Crippen LogP contribution < -0.4 is 5.32 Å². The maximum absolute atomic E-state index is 8.71. The first kappa shape index (κ1) is 13.5. The van der Waals surface area contributed by atoms with Crippen LogP contribution in [0.3, 0.4) is 0 Å². The third-order valence-corrected chi connectivity index (χ3v) is 3.71. The van der Waals surface area contributed by atoms with Gasteiger partial charge in [0.25, 0.3) is 0 Å². The van der Waals surface area contributed by atoms with Crippen molar-refractivity contribution in [1.82, 2.24) is 9.97 Å². The predicted octanol–water partition coefficient (Wildman–Crippen LogP) is 4.20. The first-order valence-corrected chi connectivity index (χ1v) is 7.20. The molecule has 21 heavy (non-hydrogen) atoms. The third-order valence-electron chi connectivity index (χ3n) is 3.05. The summed E-state index contributed by atoms with van der Waals surface area (Å²) in [6, 6.07) is 15.7. The van der Waals surface area contributed by atoms with Crippen molar-refractivity contribution in [2.24, 2.45) is 0 Å². The summed E-state index contributed by atoms with van der Waals surface area (Å²) in [5.74, 6) is 0.544. The molecule has 3 aromatic rings. The molecule has 0 unspecified atom stereocenters. The molecule has 1 heterocycles. The van der Waals surface area contributed by atoms with Gasteiger partial charge in [0.05, 0.1) is 23.7 Å². The molecule has 0 aliphatic heterocycles. The second kappa shape index (κ2) is 5.90. The molecule has 4 nitrogen and oxygen atoms in total. The largest absolute Gasteiger partial charge is 0.323 e. The van der Waals surface area contributed by atoms with Gasteiger partial charge in [0.2, 0.25) is 5.95 Å². The van der Waals surface area contributed by atoms with Crippen molar-refractivity contribution in [3.63, 3.8) is 0 Å². The van der Waals surface area contributed by atoms with Crippen LogP contribution in [-0.2, 0) is 6.42 Å². The molecule has 0 aliphatic carbocycles. The van der Waals surface area contributed by atoms with Crippen molar-refractivity contribution in [2.45, 2.75) is 6.42 Å². The maximum atomic E-state index is 8.71. The molecule has 0 saturated carbocycles. The number of anilines is 2. The minimum absolute atomic E-state index is 0.394. The van der Waals surface area contributed by atoms with Crippen molar-refractivity contribution in [2.75, 3.05) is 5.32 Å². The summed E-state index contributed by atoms with van der Waals surface area (Å²) in [5.41, 5.74) is 2.73. The van der Waals surface area contributed by atoms with Gasteiger partial charge < -0.3 is 5.32 Å². The van der Waals surface area contributed by atoms with Gasteiger partial charge in [-0.2, -0.15) is 5.26 Å². The molecule has 5 heteroatoms. The normalized spacial score (nSPS) is 10.3. The van der Waals surface area contributed by atoms with E-state index in [1.807, 2.05) is 42.5 Å². The van der Waals surface area contributed by atoms with E-state index in [0.29, 0.717) is 12.4 Å². The van der Waals surface area contributed by atoms with Crippen LogP contribution in [0.5, 0.6) is 0 Å². The molecule has 0 fully saturated rings. The Balaban J connectivity index is 1.89. The van der Waals surface area contributed by atoms with Gasteiger partial charge in [-0.05, 0) is 39.7 Å². The topological polar surface area (TPSA) is 61.6 Å². The van der Waals surface area contributed by atoms with Crippen LogP contribution in [0.4, 0.5) is 11.6 Å². The standard InChI is InChI=1S/C16H11BrN4/c17-13-9-11(7-8-18)5-6-15(13)21-16-19-10-12-3-1-2-4-14(12)20-16/h1-6,9-10H,7H2,(H,19,20,21). The van der Waals surface area contributed by atoms with Gasteiger partial charge in [0, 0.05) is 16.1 Å². The molecule has 0 atom stereocenters. The zero-order chi connectivity index (χ0) is 14.7. The van der Waals surface area contributed by atoms with Gasteiger partial charge in [-0.25, -0.2) is 9.97 Å². The highest BCUT2D eigenvalue weighted by Crippen LogP contribution is 2.26. The zero-order valence-corrected chi connectivity index (χ0v) is 12.6. The summed E-state index contributed by atoms with van der Waals surface area (Å²) in [6.07, 6.45) is 2.19. The number of para-hydroxylation sites is 1. The summed E-state index contributed by atoms with van der Waals surface area (Å²) in [5, 5.41) is 12.9. The van der Waals surface area contributed by atoms with Gasteiger partial charge in [-0.1, -0.05) is 24.3 Å². The van der Waals surface area contributed by atoms with Crippen LogP contribution in [0, 0.1) is 11.3 Å². The monoisotopic (exact) mass is 338 g/mol. The lowest BCUT2D eigenvalue weighted by atomic mass is 10.1. The van der Waals surface area contributed by atoms with Gasteiger partial charge >= 0.3 is 0 Å². The molecular formula is C16H11BrN4. The van der Waals surface area contributed by atoms with Crippen LogP contribution in [-0.4, -0.2) is 9.97 Å². The number of aromatic nitrogens is 2. The van der Waals surface area contributed by atoms with Crippen molar-refractivity contribution >= 4 is 38.5 Å². The van der Waals surface area contributed by atoms with Crippen LogP contribution >= 0.6 is 15.9 Å². The third kappa shape index (κ3) is 3.01. The number of benzene rings is 2. The Morgan fingerprint density at radius 3 is 2.86 bits per heavy atom. The van der Waals surface area contributed by atoms with E-state index in [0.717, 1.165) is 26.6 Å². The number of hydrogen-bond acceptors (Lipinski definition) is 4. The van der Waals surface area contributed by atoms with E-state index in [1.54, 1.807) is 6.20 Å². The minimum atomic E-state index is 0.394. The van der Waals surface area contributed by atoms with E-state index in [9.17, 15) is 0 Å². The number of nitriles is 1. The zero-order valence-electron chi connectivity index (χ0n) is 11.0. The Morgan fingerprint density at radius 2 is 2.05 bits per heavy atom. The minimum Gasteiger partial charge on any atom is -0.323 e. The van der Waals surface area contributed by atoms with Gasteiger partial charge in [0.15, 0.2) is 0 Å². The van der Waals surface area contributed by atoms with E-state index in [2.05, 4.69) is 37.3 Å². The Labute approximate surface area is 130 Å². The molecule has 102 valence electrons. The first-order chi connectivity index (χ1) is 10.3. The van der Waals surface area contributed by atoms with Crippen molar-refractivity contribution in [1.29, 1.82) is 5.26 Å². The average molecular weight is 339 g/mol. The van der Waals surface area contributed by atoms with E-state index >= 15 is 0 Å². The SMILES string of the molecule is N#CCc1ccc(Nc2ncc3ccccc3n2)c(Br)c1. The fourth-order valence-electron chi connectivity index (χ4n) is 2.01. The Morgan fingerprint density at radius 1 is 1.19 bits per heavy atom. The highest BCUT2D eigenvalue weighted by atomic mass is 79.9. The van der Waals surface area contributed by atoms with Crippen LogP contribution in [0.15, 0.2) is 53.1 Å². The molecule has 0 bridgehead atoms. The Bertz CT molecular complexity index is 839. The van der Waals surface area contributed by atoms with Crippen molar-refractivity contribution < 1.29 is 0 Å². The van der Waals surface area contributed by atoms with E-state index < -0.39 is 0 Å². The summed E-state index contributed by atoms with van der Waals surface area (Å²) < 4.78 is 0.881. The Hall–Kier alpha value is -2.45. The second-order valence-electron chi connectivity index (χ2n) is 4.53. The number of fused-ring (bicyclic) bond motifs is 1. The first-order valence-electron chi connectivity index (χ1n) is 6.40. The van der Waals surface area contributed by atoms with Crippen LogP contribution in [0.25, 0.3) is 10.9 Å². The highest BCUT2D eigenvalue weighted by molar-refractivity contribution is 9.10. The molecule has 0 saturated heterocycles. The fourth-order valence-corrected chi connectivity index (χ4v) is 2.54. The number of nitrogens with one attached hydrogen (secondary N) is 1. The molecule has 2 aromatic carbocycles. The lowest BCUT2D eigenvalue weighted by molar-refractivity contribution is 1.20. The van der Waals surface area contributed by atoms with Crippen molar-refractivity contribution in [3.8, 4) is 6.07 Å². The molecule has 1 aromatic heterocycles. The summed E-state index contributed by atoms with van der Waals surface area (Å²) in [4.78, 5) is 8.78. The molecule has 1 N–H and O–H groups in total. The van der Waals surface area contributed by atoms with E-state index in [4.69, 9.17) is 5.26 Å². The number of rotatable bonds is 3. The molecule has 3 rings (SSSR count). The van der Waals surface area contributed by atoms with Gasteiger partial charge in [-0.15, -0.1) is 0 Å². The fraction of sp³-hybridized carbons (Fsp3) is 0.0625. The molecule has 0 spiro atoms. The highest BCUT2D eigenvalue weighted by Gasteiger charge is 2.05. The molecule has 0 radical (unpaired) electrons. The van der Waals surface area contributed by atoms with Crippen LogP contribution in [0.1, 0.15) is 5.56 Å². The lowest BCUT2D eigenvalue weighted by Gasteiger charge is -2.08. The quantitative estimate of drug-likeness (QED) is 0.777. The summed E-state index contributed by atoms with van der Waals surface area (Å²) >= 11 is 3.50. The smallest absolute Gasteiger partial charge is 0.227 e. The summed E-state index contributed by atoms with van der Waals surface area (Å²) in [7, 11) is 0. The van der Waals surface area contributed by atoms with E-state index in [1.165, 1.54) is 0 Å².